The topological polar surface area (TPSA) is 49.3 Å². The predicted octanol–water partition coefficient (Wildman–Crippen LogP) is 2.96. The van der Waals surface area contributed by atoms with Gasteiger partial charge in [-0.1, -0.05) is 52.0 Å². The van der Waals surface area contributed by atoms with E-state index in [4.69, 9.17) is 0 Å². The van der Waals surface area contributed by atoms with Gasteiger partial charge in [0.25, 0.3) is 0 Å². The van der Waals surface area contributed by atoms with Gasteiger partial charge in [-0.2, -0.15) is 0 Å². The lowest BCUT2D eigenvalue weighted by atomic mass is 10.0. The van der Waals surface area contributed by atoms with Gasteiger partial charge in [0.15, 0.2) is 0 Å². The number of carbonyl (C=O) groups is 1. The van der Waals surface area contributed by atoms with Crippen molar-refractivity contribution >= 4 is 12.0 Å². The van der Waals surface area contributed by atoms with Gasteiger partial charge in [0.2, 0.25) is 5.91 Å². The maximum Gasteiger partial charge on any atom is 0.244 e. The Morgan fingerprint density at radius 2 is 1.80 bits per heavy atom. The van der Waals surface area contributed by atoms with Crippen LogP contribution in [0.4, 0.5) is 0 Å². The highest BCUT2D eigenvalue weighted by atomic mass is 16.3. The first-order chi connectivity index (χ1) is 9.40. The van der Waals surface area contributed by atoms with Crippen molar-refractivity contribution in [2.24, 2.45) is 5.92 Å². The highest BCUT2D eigenvalue weighted by Crippen LogP contribution is 2.15. The molecule has 3 nitrogen and oxygen atoms in total. The Kier molecular flexibility index (Phi) is 6.46. The summed E-state index contributed by atoms with van der Waals surface area (Å²) in [6.07, 6.45) is 2.77. The number of benzene rings is 1. The SMILES string of the molecule is CC(C)c1ccc(/C=C/C(=O)NCC(O)C(C)C)cc1. The third-order valence-electron chi connectivity index (χ3n) is 3.29. The molecule has 0 aromatic heterocycles. The Morgan fingerprint density at radius 3 is 2.30 bits per heavy atom. The number of nitrogens with one attached hydrogen (secondary N) is 1. The van der Waals surface area contributed by atoms with E-state index in [0.717, 1.165) is 5.56 Å². The zero-order chi connectivity index (χ0) is 15.1. The van der Waals surface area contributed by atoms with Crippen molar-refractivity contribution in [3.05, 3.63) is 41.5 Å². The lowest BCUT2D eigenvalue weighted by molar-refractivity contribution is -0.117. The quantitative estimate of drug-likeness (QED) is 0.784. The number of carbonyl (C=O) groups excluding carboxylic acids is 1. The molecule has 1 rings (SSSR count). The first-order valence-electron chi connectivity index (χ1n) is 7.14. The second-order valence-corrected chi connectivity index (χ2v) is 5.71. The summed E-state index contributed by atoms with van der Waals surface area (Å²) in [5, 5.41) is 12.3. The van der Waals surface area contributed by atoms with Gasteiger partial charge in [0, 0.05) is 12.6 Å². The molecule has 0 saturated carbocycles. The van der Waals surface area contributed by atoms with Crippen LogP contribution in [0.5, 0.6) is 0 Å². The van der Waals surface area contributed by atoms with Crippen LogP contribution in [0.25, 0.3) is 6.08 Å². The van der Waals surface area contributed by atoms with Crippen molar-refractivity contribution in [3.63, 3.8) is 0 Å². The van der Waals surface area contributed by atoms with Crippen LogP contribution in [-0.2, 0) is 4.79 Å². The van der Waals surface area contributed by atoms with Crippen molar-refractivity contribution in [2.45, 2.75) is 39.7 Å². The minimum Gasteiger partial charge on any atom is -0.391 e. The van der Waals surface area contributed by atoms with Gasteiger partial charge < -0.3 is 10.4 Å². The lowest BCUT2D eigenvalue weighted by Crippen LogP contribution is -2.33. The van der Waals surface area contributed by atoms with Crippen molar-refractivity contribution in [3.8, 4) is 0 Å². The molecule has 2 N–H and O–H groups in total. The average Bonchev–Trinajstić information content (AvgIpc) is 2.42. The fourth-order valence-electron chi connectivity index (χ4n) is 1.66. The molecule has 0 bridgehead atoms. The number of aliphatic hydroxyl groups excluding tert-OH is 1. The van der Waals surface area contributed by atoms with E-state index < -0.39 is 6.10 Å². The van der Waals surface area contributed by atoms with Crippen LogP contribution in [0.1, 0.15) is 44.7 Å². The van der Waals surface area contributed by atoms with E-state index in [1.807, 2.05) is 26.0 Å². The fraction of sp³-hybridized carbons (Fsp3) is 0.471. The molecule has 0 aliphatic rings. The molecule has 0 aliphatic carbocycles. The summed E-state index contributed by atoms with van der Waals surface area (Å²) in [7, 11) is 0. The van der Waals surface area contributed by atoms with Crippen LogP contribution in [0, 0.1) is 5.92 Å². The predicted molar refractivity (Wildman–Crippen MR) is 83.4 cm³/mol. The van der Waals surface area contributed by atoms with E-state index in [1.54, 1.807) is 6.08 Å². The van der Waals surface area contributed by atoms with Crippen LogP contribution in [0.2, 0.25) is 0 Å². The van der Waals surface area contributed by atoms with Gasteiger partial charge in [0.05, 0.1) is 6.10 Å². The van der Waals surface area contributed by atoms with E-state index in [2.05, 4.69) is 31.3 Å². The van der Waals surface area contributed by atoms with E-state index >= 15 is 0 Å². The van der Waals surface area contributed by atoms with Gasteiger partial charge in [0.1, 0.15) is 0 Å². The molecule has 0 saturated heterocycles. The minimum absolute atomic E-state index is 0.142. The Balaban J connectivity index is 2.49. The molecule has 0 radical (unpaired) electrons. The van der Waals surface area contributed by atoms with Gasteiger partial charge >= 0.3 is 0 Å². The van der Waals surface area contributed by atoms with Crippen molar-refractivity contribution in [2.75, 3.05) is 6.54 Å². The number of hydrogen-bond acceptors (Lipinski definition) is 2. The molecule has 0 spiro atoms. The van der Waals surface area contributed by atoms with E-state index in [1.165, 1.54) is 11.6 Å². The van der Waals surface area contributed by atoms with Crippen molar-refractivity contribution < 1.29 is 9.90 Å². The summed E-state index contributed by atoms with van der Waals surface area (Å²) >= 11 is 0. The van der Waals surface area contributed by atoms with Gasteiger partial charge in [-0.05, 0) is 29.0 Å². The van der Waals surface area contributed by atoms with E-state index in [9.17, 15) is 9.90 Å². The summed E-state index contributed by atoms with van der Waals surface area (Å²) in [6.45, 7) is 8.43. The standard InChI is InChI=1S/C17H25NO2/c1-12(2)15-8-5-14(6-9-15)7-10-17(20)18-11-16(19)13(3)4/h5-10,12-13,16,19H,11H2,1-4H3,(H,18,20)/b10-7+. The summed E-state index contributed by atoms with van der Waals surface area (Å²) in [5.41, 5.74) is 2.28. The lowest BCUT2D eigenvalue weighted by Gasteiger charge is -2.14. The number of rotatable bonds is 6. The molecule has 0 heterocycles. The molecule has 0 aliphatic heterocycles. The molecule has 1 unspecified atom stereocenters. The summed E-state index contributed by atoms with van der Waals surface area (Å²) in [6, 6.07) is 8.15. The van der Waals surface area contributed by atoms with Crippen LogP contribution in [-0.4, -0.2) is 23.7 Å². The maximum atomic E-state index is 11.6. The van der Waals surface area contributed by atoms with Gasteiger partial charge in [-0.15, -0.1) is 0 Å². The molecule has 3 heteroatoms. The Bertz CT molecular complexity index is 447. The molecule has 1 aromatic carbocycles. The zero-order valence-corrected chi connectivity index (χ0v) is 12.8. The fourth-order valence-corrected chi connectivity index (χ4v) is 1.66. The molecular formula is C17H25NO2. The van der Waals surface area contributed by atoms with Crippen LogP contribution >= 0.6 is 0 Å². The van der Waals surface area contributed by atoms with Crippen LogP contribution in [0.15, 0.2) is 30.3 Å². The zero-order valence-electron chi connectivity index (χ0n) is 12.8. The number of amides is 1. The second-order valence-electron chi connectivity index (χ2n) is 5.71. The highest BCUT2D eigenvalue weighted by molar-refractivity contribution is 5.91. The first-order valence-corrected chi connectivity index (χ1v) is 7.14. The molecule has 1 aromatic rings. The van der Waals surface area contributed by atoms with Crippen molar-refractivity contribution in [1.82, 2.24) is 5.32 Å². The minimum atomic E-state index is -0.502. The van der Waals surface area contributed by atoms with Crippen molar-refractivity contribution in [1.29, 1.82) is 0 Å². The summed E-state index contributed by atoms with van der Waals surface area (Å²) in [4.78, 5) is 11.6. The Labute approximate surface area is 121 Å². The molecular weight excluding hydrogens is 250 g/mol. The molecule has 1 amide bonds. The molecule has 1 atom stereocenters. The van der Waals surface area contributed by atoms with Crippen LogP contribution < -0.4 is 5.32 Å². The monoisotopic (exact) mass is 275 g/mol. The van der Waals surface area contributed by atoms with Crippen LogP contribution in [0.3, 0.4) is 0 Å². The van der Waals surface area contributed by atoms with Gasteiger partial charge in [-0.25, -0.2) is 0 Å². The molecule has 110 valence electrons. The summed E-state index contributed by atoms with van der Waals surface area (Å²) in [5.74, 6) is 0.467. The largest absolute Gasteiger partial charge is 0.391 e. The highest BCUT2D eigenvalue weighted by Gasteiger charge is 2.09. The normalized spacial score (nSPS) is 13.2. The van der Waals surface area contributed by atoms with E-state index in [-0.39, 0.29) is 18.4 Å². The number of aliphatic hydroxyl groups is 1. The number of hydrogen-bond donors (Lipinski definition) is 2. The molecule has 0 fully saturated rings. The third-order valence-corrected chi connectivity index (χ3v) is 3.29. The van der Waals surface area contributed by atoms with Gasteiger partial charge in [-0.3, -0.25) is 4.79 Å². The smallest absolute Gasteiger partial charge is 0.244 e. The maximum absolute atomic E-state index is 11.6. The Hall–Kier alpha value is -1.61. The summed E-state index contributed by atoms with van der Waals surface area (Å²) < 4.78 is 0. The third kappa shape index (κ3) is 5.57. The second kappa shape index (κ2) is 7.85. The Morgan fingerprint density at radius 1 is 1.20 bits per heavy atom. The van der Waals surface area contributed by atoms with E-state index in [0.29, 0.717) is 5.92 Å². The first kappa shape index (κ1) is 16.4. The molecule has 20 heavy (non-hydrogen) atoms. The average molecular weight is 275 g/mol.